The van der Waals surface area contributed by atoms with Crippen LogP contribution in [0.1, 0.15) is 26.2 Å². The minimum atomic E-state index is -0.628. The Balaban J connectivity index is 2.02. The predicted octanol–water partition coefficient (Wildman–Crippen LogP) is 2.15. The number of nitrogens with one attached hydrogen (secondary N) is 1. The minimum Gasteiger partial charge on any atom is -0.494 e. The third kappa shape index (κ3) is 3.47. The molecule has 1 saturated carbocycles. The van der Waals surface area contributed by atoms with Crippen LogP contribution < -0.4 is 14.8 Å². The highest BCUT2D eigenvalue weighted by molar-refractivity contribution is 5.81. The largest absolute Gasteiger partial charge is 0.494 e. The van der Waals surface area contributed by atoms with Gasteiger partial charge in [-0.2, -0.15) is 0 Å². The van der Waals surface area contributed by atoms with Crippen LogP contribution in [0.2, 0.25) is 0 Å². The Hall–Kier alpha value is -1.75. The number of hydrogen-bond acceptors (Lipinski definition) is 5. The number of rotatable bonds is 6. The summed E-state index contributed by atoms with van der Waals surface area (Å²) in [6, 6.07) is 7.58. The molecule has 0 heterocycles. The standard InChI is InChI=1S/C16H23NO4/c1-4-20-12-6-5-7-13(10-12)21-14-8-9-16(11-14,17-2)15(18)19-3/h5-7,10,14,17H,4,8-9,11H2,1-3H3. The Morgan fingerprint density at radius 2 is 2.19 bits per heavy atom. The summed E-state index contributed by atoms with van der Waals surface area (Å²) in [5.41, 5.74) is -0.628. The number of likely N-dealkylation sites (N-methyl/N-ethyl adjacent to an activating group) is 1. The van der Waals surface area contributed by atoms with Crippen LogP contribution in [0.3, 0.4) is 0 Å². The number of benzene rings is 1. The van der Waals surface area contributed by atoms with Crippen molar-refractivity contribution < 1.29 is 19.0 Å². The number of carbonyl (C=O) groups excluding carboxylic acids is 1. The second-order valence-electron chi connectivity index (χ2n) is 5.21. The average molecular weight is 293 g/mol. The van der Waals surface area contributed by atoms with Gasteiger partial charge in [0.1, 0.15) is 23.1 Å². The van der Waals surface area contributed by atoms with Gasteiger partial charge >= 0.3 is 5.97 Å². The summed E-state index contributed by atoms with van der Waals surface area (Å²) in [4.78, 5) is 11.9. The molecule has 0 saturated heterocycles. The van der Waals surface area contributed by atoms with Crippen molar-refractivity contribution in [3.8, 4) is 11.5 Å². The van der Waals surface area contributed by atoms with Gasteiger partial charge in [-0.25, -0.2) is 0 Å². The number of ether oxygens (including phenoxy) is 3. The molecule has 0 aromatic heterocycles. The number of hydrogen-bond donors (Lipinski definition) is 1. The zero-order valence-corrected chi connectivity index (χ0v) is 12.8. The third-order valence-electron chi connectivity index (χ3n) is 3.94. The van der Waals surface area contributed by atoms with Crippen molar-refractivity contribution >= 4 is 5.97 Å². The van der Waals surface area contributed by atoms with Crippen LogP contribution >= 0.6 is 0 Å². The van der Waals surface area contributed by atoms with E-state index in [1.54, 1.807) is 7.05 Å². The normalized spacial score (nSPS) is 24.6. The summed E-state index contributed by atoms with van der Waals surface area (Å²) in [5.74, 6) is 1.34. The van der Waals surface area contributed by atoms with Gasteiger partial charge < -0.3 is 19.5 Å². The number of methoxy groups -OCH3 is 1. The zero-order chi connectivity index (χ0) is 15.3. The smallest absolute Gasteiger partial charge is 0.326 e. The highest BCUT2D eigenvalue weighted by Gasteiger charge is 2.46. The molecule has 0 spiro atoms. The lowest BCUT2D eigenvalue weighted by Gasteiger charge is -2.25. The summed E-state index contributed by atoms with van der Waals surface area (Å²) >= 11 is 0. The first-order chi connectivity index (χ1) is 10.1. The molecule has 2 atom stereocenters. The molecule has 1 aliphatic rings. The van der Waals surface area contributed by atoms with E-state index in [9.17, 15) is 4.79 Å². The zero-order valence-electron chi connectivity index (χ0n) is 12.8. The molecule has 2 unspecified atom stereocenters. The summed E-state index contributed by atoms with van der Waals surface area (Å²) in [6.07, 6.45) is 2.13. The molecule has 1 aromatic rings. The van der Waals surface area contributed by atoms with E-state index >= 15 is 0 Å². The lowest BCUT2D eigenvalue weighted by Crippen LogP contribution is -2.49. The number of carbonyl (C=O) groups is 1. The first-order valence-electron chi connectivity index (χ1n) is 7.30. The van der Waals surface area contributed by atoms with Crippen molar-refractivity contribution in [2.24, 2.45) is 0 Å². The molecule has 116 valence electrons. The molecule has 1 aliphatic carbocycles. The highest BCUT2D eigenvalue weighted by atomic mass is 16.5. The van der Waals surface area contributed by atoms with Crippen LogP contribution in [-0.2, 0) is 9.53 Å². The molecule has 1 N–H and O–H groups in total. The second-order valence-corrected chi connectivity index (χ2v) is 5.21. The maximum absolute atomic E-state index is 11.9. The molecular weight excluding hydrogens is 270 g/mol. The average Bonchev–Trinajstić information content (AvgIpc) is 2.91. The fraction of sp³-hybridized carbons (Fsp3) is 0.562. The fourth-order valence-electron chi connectivity index (χ4n) is 2.81. The van der Waals surface area contributed by atoms with Crippen LogP contribution in [0.15, 0.2) is 24.3 Å². The van der Waals surface area contributed by atoms with Crippen molar-refractivity contribution in [1.82, 2.24) is 5.32 Å². The third-order valence-corrected chi connectivity index (χ3v) is 3.94. The Morgan fingerprint density at radius 3 is 2.86 bits per heavy atom. The van der Waals surface area contributed by atoms with Crippen LogP contribution in [-0.4, -0.2) is 38.4 Å². The Morgan fingerprint density at radius 1 is 1.43 bits per heavy atom. The van der Waals surface area contributed by atoms with Gasteiger partial charge in [-0.05, 0) is 38.9 Å². The molecule has 1 aromatic carbocycles. The van der Waals surface area contributed by atoms with E-state index in [4.69, 9.17) is 14.2 Å². The lowest BCUT2D eigenvalue weighted by molar-refractivity contribution is -0.148. The fourth-order valence-corrected chi connectivity index (χ4v) is 2.81. The van der Waals surface area contributed by atoms with Gasteiger partial charge in [0.25, 0.3) is 0 Å². The van der Waals surface area contributed by atoms with Gasteiger partial charge in [0.15, 0.2) is 0 Å². The summed E-state index contributed by atoms with van der Waals surface area (Å²) in [7, 11) is 3.20. The van der Waals surface area contributed by atoms with Gasteiger partial charge in [-0.1, -0.05) is 6.07 Å². The molecule has 1 fully saturated rings. The van der Waals surface area contributed by atoms with Gasteiger partial charge in [0.2, 0.25) is 0 Å². The van der Waals surface area contributed by atoms with E-state index < -0.39 is 5.54 Å². The van der Waals surface area contributed by atoms with Gasteiger partial charge in [-0.3, -0.25) is 4.79 Å². The molecule has 5 heteroatoms. The van der Waals surface area contributed by atoms with E-state index in [0.29, 0.717) is 19.4 Å². The topological polar surface area (TPSA) is 56.8 Å². The highest BCUT2D eigenvalue weighted by Crippen LogP contribution is 2.34. The summed E-state index contributed by atoms with van der Waals surface area (Å²) in [6.45, 7) is 2.57. The molecule has 0 radical (unpaired) electrons. The summed E-state index contributed by atoms with van der Waals surface area (Å²) in [5, 5.41) is 3.10. The molecule has 0 bridgehead atoms. The quantitative estimate of drug-likeness (QED) is 0.814. The first kappa shape index (κ1) is 15.6. The van der Waals surface area contributed by atoms with Crippen LogP contribution in [0.5, 0.6) is 11.5 Å². The maximum Gasteiger partial charge on any atom is 0.326 e. The predicted molar refractivity (Wildman–Crippen MR) is 79.7 cm³/mol. The van der Waals surface area contributed by atoms with Crippen molar-refractivity contribution in [2.45, 2.75) is 37.8 Å². The van der Waals surface area contributed by atoms with Crippen LogP contribution in [0, 0.1) is 0 Å². The lowest BCUT2D eigenvalue weighted by atomic mass is 9.98. The number of esters is 1. The Bertz CT molecular complexity index is 491. The molecule has 2 rings (SSSR count). The SMILES string of the molecule is CCOc1cccc(OC2CCC(NC)(C(=O)OC)C2)c1. The second kappa shape index (κ2) is 6.80. The Kier molecular flexibility index (Phi) is 5.07. The van der Waals surface area contributed by atoms with E-state index in [-0.39, 0.29) is 12.1 Å². The van der Waals surface area contributed by atoms with Crippen LogP contribution in [0.25, 0.3) is 0 Å². The molecule has 5 nitrogen and oxygen atoms in total. The molecule has 21 heavy (non-hydrogen) atoms. The van der Waals surface area contributed by atoms with Gasteiger partial charge in [0.05, 0.1) is 13.7 Å². The van der Waals surface area contributed by atoms with E-state index in [1.807, 2.05) is 31.2 Å². The summed E-state index contributed by atoms with van der Waals surface area (Å²) < 4.78 is 16.3. The minimum absolute atomic E-state index is 0.00609. The van der Waals surface area contributed by atoms with E-state index in [0.717, 1.165) is 17.9 Å². The Labute approximate surface area is 125 Å². The van der Waals surface area contributed by atoms with E-state index in [1.165, 1.54) is 7.11 Å². The first-order valence-corrected chi connectivity index (χ1v) is 7.30. The molecule has 0 amide bonds. The van der Waals surface area contributed by atoms with Crippen molar-refractivity contribution in [3.63, 3.8) is 0 Å². The van der Waals surface area contributed by atoms with Crippen molar-refractivity contribution in [1.29, 1.82) is 0 Å². The van der Waals surface area contributed by atoms with Gasteiger partial charge in [-0.15, -0.1) is 0 Å². The van der Waals surface area contributed by atoms with Gasteiger partial charge in [0, 0.05) is 12.5 Å². The van der Waals surface area contributed by atoms with Crippen molar-refractivity contribution in [3.05, 3.63) is 24.3 Å². The molecular formula is C16H23NO4. The molecule has 0 aliphatic heterocycles. The maximum atomic E-state index is 11.9. The van der Waals surface area contributed by atoms with Crippen molar-refractivity contribution in [2.75, 3.05) is 20.8 Å². The monoisotopic (exact) mass is 293 g/mol. The van der Waals surface area contributed by atoms with Crippen LogP contribution in [0.4, 0.5) is 0 Å². The van der Waals surface area contributed by atoms with E-state index in [2.05, 4.69) is 5.32 Å².